The molecule has 1 aromatic carbocycles. The lowest BCUT2D eigenvalue weighted by Crippen LogP contribution is -2.39. The summed E-state index contributed by atoms with van der Waals surface area (Å²) in [5.41, 5.74) is 0.0916. The number of nitrogens with one attached hydrogen (secondary N) is 2. The molecule has 0 atom stereocenters. The van der Waals surface area contributed by atoms with Crippen molar-refractivity contribution in [3.63, 3.8) is 0 Å². The van der Waals surface area contributed by atoms with Crippen molar-refractivity contribution in [3.8, 4) is 0 Å². The fourth-order valence-corrected chi connectivity index (χ4v) is 3.91. The first-order valence-corrected chi connectivity index (χ1v) is 10.9. The Morgan fingerprint density at radius 2 is 1.66 bits per heavy atom. The Kier molecular flexibility index (Phi) is 12.8. The van der Waals surface area contributed by atoms with Gasteiger partial charge in [0.15, 0.2) is 5.96 Å². The molecule has 0 bridgehead atoms. The van der Waals surface area contributed by atoms with Crippen molar-refractivity contribution in [2.75, 3.05) is 38.5 Å². The van der Waals surface area contributed by atoms with Crippen molar-refractivity contribution < 1.29 is 21.6 Å². The van der Waals surface area contributed by atoms with E-state index >= 15 is 0 Å². The lowest BCUT2D eigenvalue weighted by molar-refractivity contribution is -0.137. The standard InChI is InChI=1S/C18H29F3N4O2S.HI/c1-4-22-17(24-13-14-28(26,27)25(5-2)6-3)23-12-11-15-7-9-16(10-8-15)18(19,20)21;/h7-10H,4-6,11-14H2,1-3H3,(H2,22,23,24);1H. The van der Waals surface area contributed by atoms with Crippen LogP contribution in [0.3, 0.4) is 0 Å². The van der Waals surface area contributed by atoms with E-state index in [9.17, 15) is 21.6 Å². The number of hydrogen-bond acceptors (Lipinski definition) is 3. The lowest BCUT2D eigenvalue weighted by Gasteiger charge is -2.18. The van der Waals surface area contributed by atoms with Gasteiger partial charge >= 0.3 is 6.18 Å². The minimum atomic E-state index is -4.34. The van der Waals surface area contributed by atoms with E-state index in [-0.39, 0.29) is 36.3 Å². The minimum absolute atomic E-state index is 0. The average Bonchev–Trinajstić information content (AvgIpc) is 2.62. The van der Waals surface area contributed by atoms with Crippen LogP contribution in [0.2, 0.25) is 0 Å². The number of guanidine groups is 1. The van der Waals surface area contributed by atoms with Gasteiger partial charge in [0.25, 0.3) is 0 Å². The van der Waals surface area contributed by atoms with E-state index in [2.05, 4.69) is 15.6 Å². The molecule has 29 heavy (non-hydrogen) atoms. The Hall–Kier alpha value is -1.08. The van der Waals surface area contributed by atoms with E-state index in [1.54, 1.807) is 13.8 Å². The minimum Gasteiger partial charge on any atom is -0.357 e. The molecule has 1 rings (SSSR count). The molecule has 2 N–H and O–H groups in total. The van der Waals surface area contributed by atoms with Crippen molar-refractivity contribution in [1.82, 2.24) is 14.9 Å². The first-order valence-electron chi connectivity index (χ1n) is 9.30. The highest BCUT2D eigenvalue weighted by molar-refractivity contribution is 14.0. The normalized spacial score (nSPS) is 12.6. The lowest BCUT2D eigenvalue weighted by atomic mass is 10.1. The summed E-state index contributed by atoms with van der Waals surface area (Å²) >= 11 is 0. The quantitative estimate of drug-likeness (QED) is 0.267. The molecule has 168 valence electrons. The topological polar surface area (TPSA) is 73.8 Å². The molecule has 0 amide bonds. The van der Waals surface area contributed by atoms with Crippen LogP contribution in [-0.4, -0.2) is 57.2 Å². The Bertz CT molecular complexity index is 722. The summed E-state index contributed by atoms with van der Waals surface area (Å²) in [5.74, 6) is 0.397. The van der Waals surface area contributed by atoms with Crippen LogP contribution >= 0.6 is 24.0 Å². The van der Waals surface area contributed by atoms with Gasteiger partial charge in [-0.15, -0.1) is 24.0 Å². The molecule has 0 fully saturated rings. The summed E-state index contributed by atoms with van der Waals surface area (Å²) in [7, 11) is -3.33. The maximum absolute atomic E-state index is 12.6. The largest absolute Gasteiger partial charge is 0.416 e. The number of rotatable bonds is 10. The molecule has 0 aliphatic carbocycles. The number of benzene rings is 1. The Morgan fingerprint density at radius 3 is 2.14 bits per heavy atom. The maximum Gasteiger partial charge on any atom is 0.416 e. The SMILES string of the molecule is CCNC(=NCCS(=O)(=O)N(CC)CC)NCCc1ccc(C(F)(F)F)cc1.I. The van der Waals surface area contributed by atoms with Crippen molar-refractivity contribution in [2.24, 2.45) is 4.99 Å². The van der Waals surface area contributed by atoms with Crippen LogP contribution in [0.25, 0.3) is 0 Å². The van der Waals surface area contributed by atoms with Crippen LogP contribution in [0, 0.1) is 0 Å². The molecule has 0 unspecified atom stereocenters. The van der Waals surface area contributed by atoms with Gasteiger partial charge < -0.3 is 10.6 Å². The summed E-state index contributed by atoms with van der Waals surface area (Å²) in [6.45, 7) is 7.50. The monoisotopic (exact) mass is 550 g/mol. The van der Waals surface area contributed by atoms with Gasteiger partial charge in [-0.1, -0.05) is 26.0 Å². The summed E-state index contributed by atoms with van der Waals surface area (Å²) in [6.07, 6.45) is -3.83. The van der Waals surface area contributed by atoms with Gasteiger partial charge in [-0.05, 0) is 31.0 Å². The predicted molar refractivity (Wildman–Crippen MR) is 121 cm³/mol. The highest BCUT2D eigenvalue weighted by Crippen LogP contribution is 2.29. The van der Waals surface area contributed by atoms with Crippen LogP contribution in [-0.2, 0) is 22.6 Å². The van der Waals surface area contributed by atoms with Gasteiger partial charge in [-0.25, -0.2) is 12.7 Å². The maximum atomic E-state index is 12.6. The molecular weight excluding hydrogens is 520 g/mol. The summed E-state index contributed by atoms with van der Waals surface area (Å²) in [4.78, 5) is 4.27. The molecule has 0 heterocycles. The number of hydrogen-bond donors (Lipinski definition) is 2. The van der Waals surface area contributed by atoms with E-state index in [4.69, 9.17) is 0 Å². The first-order chi connectivity index (χ1) is 13.1. The Labute approximate surface area is 188 Å². The van der Waals surface area contributed by atoms with Crippen molar-refractivity contribution in [2.45, 2.75) is 33.4 Å². The molecule has 0 aromatic heterocycles. The molecule has 1 aromatic rings. The molecule has 11 heteroatoms. The fourth-order valence-electron chi connectivity index (χ4n) is 2.55. The molecule has 0 saturated carbocycles. The summed E-state index contributed by atoms with van der Waals surface area (Å²) in [6, 6.07) is 5.02. The first kappa shape index (κ1) is 27.9. The smallest absolute Gasteiger partial charge is 0.357 e. The Balaban J connectivity index is 0.00000784. The fraction of sp³-hybridized carbons (Fsp3) is 0.611. The average molecular weight is 550 g/mol. The third-order valence-electron chi connectivity index (χ3n) is 4.05. The second-order valence-corrected chi connectivity index (χ2v) is 8.12. The third kappa shape index (κ3) is 9.98. The van der Waals surface area contributed by atoms with Gasteiger partial charge in [0, 0.05) is 26.2 Å². The zero-order valence-electron chi connectivity index (χ0n) is 16.9. The van der Waals surface area contributed by atoms with E-state index < -0.39 is 21.8 Å². The second kappa shape index (κ2) is 13.3. The van der Waals surface area contributed by atoms with Gasteiger partial charge in [-0.2, -0.15) is 13.2 Å². The van der Waals surface area contributed by atoms with Crippen molar-refractivity contribution in [3.05, 3.63) is 35.4 Å². The molecule has 0 aliphatic rings. The highest BCUT2D eigenvalue weighted by Gasteiger charge is 2.29. The molecule has 6 nitrogen and oxygen atoms in total. The van der Waals surface area contributed by atoms with Gasteiger partial charge in [0.05, 0.1) is 17.9 Å². The number of nitrogens with zero attached hydrogens (tertiary/aromatic N) is 2. The third-order valence-corrected chi connectivity index (χ3v) is 6.05. The molecular formula is C18H30F3IN4O2S. The van der Waals surface area contributed by atoms with Crippen molar-refractivity contribution >= 4 is 40.0 Å². The van der Waals surface area contributed by atoms with E-state index in [1.165, 1.54) is 16.4 Å². The van der Waals surface area contributed by atoms with Crippen LogP contribution < -0.4 is 10.6 Å². The summed E-state index contributed by atoms with van der Waals surface area (Å²) in [5, 5.41) is 6.09. The number of alkyl halides is 3. The van der Waals surface area contributed by atoms with Gasteiger partial charge in [0.2, 0.25) is 10.0 Å². The second-order valence-electron chi connectivity index (χ2n) is 6.03. The molecule has 0 aliphatic heterocycles. The zero-order valence-corrected chi connectivity index (χ0v) is 20.1. The molecule has 0 saturated heterocycles. The number of sulfonamides is 1. The van der Waals surface area contributed by atoms with Crippen molar-refractivity contribution in [1.29, 1.82) is 0 Å². The Morgan fingerprint density at radius 1 is 1.07 bits per heavy atom. The van der Waals surface area contributed by atoms with E-state index in [0.717, 1.165) is 17.7 Å². The molecule has 0 spiro atoms. The number of aliphatic imine (C=N–C) groups is 1. The zero-order chi connectivity index (χ0) is 21.2. The van der Waals surface area contributed by atoms with Crippen LogP contribution in [0.15, 0.2) is 29.3 Å². The van der Waals surface area contributed by atoms with Crippen LogP contribution in [0.5, 0.6) is 0 Å². The van der Waals surface area contributed by atoms with Gasteiger partial charge in [0.1, 0.15) is 0 Å². The molecule has 0 radical (unpaired) electrons. The van der Waals surface area contributed by atoms with E-state index in [1.807, 2.05) is 6.92 Å². The van der Waals surface area contributed by atoms with Crippen LogP contribution in [0.1, 0.15) is 31.9 Å². The predicted octanol–water partition coefficient (Wildman–Crippen LogP) is 3.09. The summed E-state index contributed by atoms with van der Waals surface area (Å²) < 4.78 is 63.5. The van der Waals surface area contributed by atoms with Gasteiger partial charge in [-0.3, -0.25) is 4.99 Å². The number of halogens is 4. The highest BCUT2D eigenvalue weighted by atomic mass is 127. The van der Waals surface area contributed by atoms with E-state index in [0.29, 0.717) is 38.6 Å². The van der Waals surface area contributed by atoms with Crippen LogP contribution in [0.4, 0.5) is 13.2 Å².